The maximum atomic E-state index is 5.90. The topological polar surface area (TPSA) is 42.4 Å². The monoisotopic (exact) mass is 256 g/mol. The summed E-state index contributed by atoms with van der Waals surface area (Å²) >= 11 is 0. The fourth-order valence-corrected chi connectivity index (χ4v) is 2.14. The lowest BCUT2D eigenvalue weighted by atomic mass is 10.0. The summed E-state index contributed by atoms with van der Waals surface area (Å²) in [7, 11) is 1.86. The molecule has 0 bridgehead atoms. The minimum Gasteiger partial charge on any atom is -0.465 e. The van der Waals surface area contributed by atoms with Gasteiger partial charge in [0.1, 0.15) is 5.76 Å². The quantitative estimate of drug-likeness (QED) is 0.655. The van der Waals surface area contributed by atoms with Crippen LogP contribution in [0.2, 0.25) is 0 Å². The highest BCUT2D eigenvalue weighted by molar-refractivity contribution is 5.77. The Balaban J connectivity index is 2.40. The summed E-state index contributed by atoms with van der Waals surface area (Å²) in [5.41, 5.74) is 3.49. The van der Waals surface area contributed by atoms with Crippen molar-refractivity contribution < 1.29 is 4.42 Å². The molecule has 0 aliphatic rings. The van der Waals surface area contributed by atoms with Gasteiger partial charge in [-0.15, -0.1) is 0 Å². The number of hydrazine groups is 1. The summed E-state index contributed by atoms with van der Waals surface area (Å²) in [5, 5.41) is 1.65. The van der Waals surface area contributed by atoms with Crippen LogP contribution < -0.4 is 10.9 Å². The highest BCUT2D eigenvalue weighted by Gasteiger charge is 2.07. The van der Waals surface area contributed by atoms with E-state index in [0.29, 0.717) is 0 Å². The summed E-state index contributed by atoms with van der Waals surface area (Å²) < 4.78 is 5.32. The first-order valence-electron chi connectivity index (χ1n) is 6.54. The van der Waals surface area contributed by atoms with Gasteiger partial charge in [-0.05, 0) is 42.3 Å². The molecule has 0 aliphatic heterocycles. The average molecular weight is 256 g/mol. The number of rotatable bonds is 5. The van der Waals surface area contributed by atoms with Crippen LogP contribution in [-0.2, 0) is 6.42 Å². The van der Waals surface area contributed by atoms with Crippen molar-refractivity contribution in [1.82, 2.24) is 0 Å². The summed E-state index contributed by atoms with van der Waals surface area (Å²) in [5.74, 6) is 6.75. The van der Waals surface area contributed by atoms with Crippen molar-refractivity contribution in [2.75, 3.05) is 12.1 Å². The zero-order chi connectivity index (χ0) is 13.7. The molecule has 0 amide bonds. The SMILES string of the molecule is CCCc1cccc(N(C)N)c1/C=C/c1ccco1. The van der Waals surface area contributed by atoms with Gasteiger partial charge < -0.3 is 9.43 Å². The summed E-state index contributed by atoms with van der Waals surface area (Å²) in [6, 6.07) is 10.0. The lowest BCUT2D eigenvalue weighted by Crippen LogP contribution is -2.26. The molecular formula is C16H20N2O. The van der Waals surface area contributed by atoms with E-state index >= 15 is 0 Å². The summed E-state index contributed by atoms with van der Waals surface area (Å²) in [6.45, 7) is 2.18. The van der Waals surface area contributed by atoms with E-state index < -0.39 is 0 Å². The van der Waals surface area contributed by atoms with Crippen LogP contribution in [0.1, 0.15) is 30.2 Å². The minimum absolute atomic E-state index is 0.844. The van der Waals surface area contributed by atoms with Gasteiger partial charge in [0.15, 0.2) is 0 Å². The Morgan fingerprint density at radius 1 is 1.21 bits per heavy atom. The largest absolute Gasteiger partial charge is 0.465 e. The molecule has 0 spiro atoms. The molecule has 1 aromatic heterocycles. The molecule has 0 saturated carbocycles. The molecule has 0 unspecified atom stereocenters. The van der Waals surface area contributed by atoms with Crippen molar-refractivity contribution in [3.63, 3.8) is 0 Å². The molecule has 1 heterocycles. The Hall–Kier alpha value is -2.00. The maximum absolute atomic E-state index is 5.90. The number of aryl methyl sites for hydroxylation is 1. The predicted octanol–water partition coefficient (Wildman–Crippen LogP) is 3.71. The van der Waals surface area contributed by atoms with Crippen LogP contribution in [-0.4, -0.2) is 7.05 Å². The van der Waals surface area contributed by atoms with Gasteiger partial charge in [-0.3, -0.25) is 0 Å². The van der Waals surface area contributed by atoms with E-state index in [0.717, 1.165) is 29.9 Å². The van der Waals surface area contributed by atoms with Gasteiger partial charge in [-0.2, -0.15) is 0 Å². The number of hydrogen-bond acceptors (Lipinski definition) is 3. The van der Waals surface area contributed by atoms with Gasteiger partial charge in [0.25, 0.3) is 0 Å². The van der Waals surface area contributed by atoms with Crippen LogP contribution in [0.5, 0.6) is 0 Å². The smallest absolute Gasteiger partial charge is 0.126 e. The molecule has 3 nitrogen and oxygen atoms in total. The van der Waals surface area contributed by atoms with Crippen molar-refractivity contribution in [3.8, 4) is 0 Å². The Morgan fingerprint density at radius 2 is 2.05 bits per heavy atom. The molecule has 1 aromatic carbocycles. The van der Waals surface area contributed by atoms with Gasteiger partial charge in [0.05, 0.1) is 12.0 Å². The molecule has 2 aromatic rings. The molecule has 2 N–H and O–H groups in total. The fourth-order valence-electron chi connectivity index (χ4n) is 2.14. The Kier molecular flexibility index (Phi) is 4.42. The van der Waals surface area contributed by atoms with Gasteiger partial charge in [-0.25, -0.2) is 5.84 Å². The van der Waals surface area contributed by atoms with Crippen molar-refractivity contribution in [3.05, 3.63) is 53.5 Å². The van der Waals surface area contributed by atoms with E-state index in [1.165, 1.54) is 5.56 Å². The van der Waals surface area contributed by atoms with E-state index in [-0.39, 0.29) is 0 Å². The van der Waals surface area contributed by atoms with Crippen LogP contribution in [0.15, 0.2) is 41.0 Å². The average Bonchev–Trinajstić information content (AvgIpc) is 2.90. The Morgan fingerprint density at radius 3 is 2.68 bits per heavy atom. The molecule has 3 heteroatoms. The normalized spacial score (nSPS) is 11.1. The van der Waals surface area contributed by atoms with Gasteiger partial charge in [0.2, 0.25) is 0 Å². The standard InChI is InChI=1S/C16H20N2O/c1-3-6-13-7-4-9-16(18(2)17)15(13)11-10-14-8-5-12-19-14/h4-5,7-12H,3,6,17H2,1-2H3/b11-10+. The minimum atomic E-state index is 0.844. The third-order valence-electron chi connectivity index (χ3n) is 3.03. The summed E-state index contributed by atoms with van der Waals surface area (Å²) in [6.07, 6.45) is 7.87. The zero-order valence-electron chi connectivity index (χ0n) is 11.5. The molecule has 19 heavy (non-hydrogen) atoms. The Bertz CT molecular complexity index is 542. The molecule has 0 saturated heterocycles. The third-order valence-corrected chi connectivity index (χ3v) is 3.03. The fraction of sp³-hybridized carbons (Fsp3) is 0.250. The van der Waals surface area contributed by atoms with Gasteiger partial charge >= 0.3 is 0 Å². The van der Waals surface area contributed by atoms with Gasteiger partial charge in [0, 0.05) is 12.6 Å². The van der Waals surface area contributed by atoms with Crippen molar-refractivity contribution >= 4 is 17.8 Å². The Labute approximate surface area is 114 Å². The molecule has 2 rings (SSSR count). The van der Waals surface area contributed by atoms with Crippen LogP contribution in [0, 0.1) is 0 Å². The van der Waals surface area contributed by atoms with E-state index in [2.05, 4.69) is 19.1 Å². The maximum Gasteiger partial charge on any atom is 0.126 e. The van der Waals surface area contributed by atoms with E-state index in [9.17, 15) is 0 Å². The van der Waals surface area contributed by atoms with Crippen LogP contribution in [0.25, 0.3) is 12.2 Å². The van der Waals surface area contributed by atoms with E-state index in [1.807, 2.05) is 37.4 Å². The van der Waals surface area contributed by atoms with E-state index in [4.69, 9.17) is 10.3 Å². The molecule has 0 atom stereocenters. The van der Waals surface area contributed by atoms with Crippen LogP contribution in [0.3, 0.4) is 0 Å². The number of furan rings is 1. The molecule has 100 valence electrons. The van der Waals surface area contributed by atoms with Crippen molar-refractivity contribution in [2.24, 2.45) is 5.84 Å². The predicted molar refractivity (Wildman–Crippen MR) is 80.7 cm³/mol. The third kappa shape index (κ3) is 3.26. The molecule has 0 aliphatic carbocycles. The lowest BCUT2D eigenvalue weighted by molar-refractivity contribution is 0.557. The second-order valence-corrected chi connectivity index (χ2v) is 4.56. The second kappa shape index (κ2) is 6.25. The van der Waals surface area contributed by atoms with E-state index in [1.54, 1.807) is 11.3 Å². The molecular weight excluding hydrogens is 236 g/mol. The first-order chi connectivity index (χ1) is 9.22. The van der Waals surface area contributed by atoms with Crippen molar-refractivity contribution in [1.29, 1.82) is 0 Å². The highest BCUT2D eigenvalue weighted by Crippen LogP contribution is 2.25. The number of nitrogens with zero attached hydrogens (tertiary/aromatic N) is 1. The number of anilines is 1. The number of benzene rings is 1. The van der Waals surface area contributed by atoms with Crippen LogP contribution >= 0.6 is 0 Å². The summed E-state index contributed by atoms with van der Waals surface area (Å²) in [4.78, 5) is 0. The molecule has 0 radical (unpaired) electrons. The van der Waals surface area contributed by atoms with Crippen LogP contribution in [0.4, 0.5) is 5.69 Å². The molecule has 0 fully saturated rings. The first kappa shape index (κ1) is 13.4. The highest BCUT2D eigenvalue weighted by atomic mass is 16.3. The number of hydrogen-bond donors (Lipinski definition) is 1. The first-order valence-corrected chi connectivity index (χ1v) is 6.54. The second-order valence-electron chi connectivity index (χ2n) is 4.56. The van der Waals surface area contributed by atoms with Crippen molar-refractivity contribution in [2.45, 2.75) is 19.8 Å². The van der Waals surface area contributed by atoms with Gasteiger partial charge in [-0.1, -0.05) is 25.5 Å². The zero-order valence-corrected chi connectivity index (χ0v) is 11.5. The number of nitrogens with two attached hydrogens (primary N) is 1. The lowest BCUT2D eigenvalue weighted by Gasteiger charge is -2.18.